The molecule has 102 valence electrons. The van der Waals surface area contributed by atoms with Crippen molar-refractivity contribution >= 4 is 18.2 Å². The lowest BCUT2D eigenvalue weighted by molar-refractivity contribution is -0.142. The van der Waals surface area contributed by atoms with Crippen molar-refractivity contribution in [3.63, 3.8) is 0 Å². The molecule has 3 N–H and O–H groups in total. The zero-order chi connectivity index (χ0) is 14.4. The molecule has 0 radical (unpaired) electrons. The number of urea groups is 1. The van der Waals surface area contributed by atoms with Gasteiger partial charge in [-0.1, -0.05) is 17.7 Å². The summed E-state index contributed by atoms with van der Waals surface area (Å²) in [5.74, 6) is -0.327. The first-order valence-electron chi connectivity index (χ1n) is 5.72. The number of aryl methyl sites for hydroxylation is 1. The molecule has 6 heteroatoms. The zero-order valence-electron chi connectivity index (χ0n) is 11.2. The lowest BCUT2D eigenvalue weighted by Crippen LogP contribution is -2.24. The first-order chi connectivity index (χ1) is 8.90. The molecule has 0 bridgehead atoms. The summed E-state index contributed by atoms with van der Waals surface area (Å²) < 4.78 is 4.99. The molecule has 0 aliphatic rings. The van der Waals surface area contributed by atoms with Gasteiger partial charge in [-0.15, -0.1) is 0 Å². The van der Waals surface area contributed by atoms with Crippen LogP contribution in [-0.2, 0) is 16.1 Å². The van der Waals surface area contributed by atoms with Crippen LogP contribution in [0.15, 0.2) is 17.2 Å². The third-order valence-electron chi connectivity index (χ3n) is 2.51. The smallest absolute Gasteiger partial charge is 0.332 e. The molecule has 1 rings (SSSR count). The standard InChI is InChI=1S/C13H17N3O3/c1-8-4-11(6-15-16-13(14)18)9(2)12(5-8)7-19-10(3)17/h4-6H,7H2,1-3H3,(H3,14,16,18)/b15-6-. The van der Waals surface area contributed by atoms with E-state index < -0.39 is 6.03 Å². The van der Waals surface area contributed by atoms with Gasteiger partial charge < -0.3 is 10.5 Å². The number of carbonyl (C=O) groups is 2. The summed E-state index contributed by atoms with van der Waals surface area (Å²) in [4.78, 5) is 21.4. The Hall–Kier alpha value is -2.37. The second-order valence-corrected chi connectivity index (χ2v) is 4.15. The number of ether oxygens (including phenoxy) is 1. The molecule has 0 spiro atoms. The van der Waals surface area contributed by atoms with Crippen molar-refractivity contribution in [2.75, 3.05) is 0 Å². The Bertz CT molecular complexity index is 524. The maximum Gasteiger partial charge on any atom is 0.332 e. The summed E-state index contributed by atoms with van der Waals surface area (Å²) in [6.45, 7) is 5.40. The molecule has 2 amide bonds. The number of rotatable bonds is 4. The Morgan fingerprint density at radius 1 is 1.42 bits per heavy atom. The fraction of sp³-hybridized carbons (Fsp3) is 0.308. The van der Waals surface area contributed by atoms with Gasteiger partial charge in [-0.25, -0.2) is 10.2 Å². The van der Waals surface area contributed by atoms with Crippen LogP contribution in [0.1, 0.15) is 29.2 Å². The van der Waals surface area contributed by atoms with Gasteiger partial charge in [0, 0.05) is 6.92 Å². The molecule has 0 heterocycles. The highest BCUT2D eigenvalue weighted by molar-refractivity contribution is 5.84. The average Bonchev–Trinajstić information content (AvgIpc) is 2.30. The normalized spacial score (nSPS) is 10.5. The number of primary amides is 1. The number of esters is 1. The molecular weight excluding hydrogens is 246 g/mol. The molecule has 0 atom stereocenters. The number of nitrogens with two attached hydrogens (primary N) is 1. The summed E-state index contributed by atoms with van der Waals surface area (Å²) in [6, 6.07) is 3.14. The van der Waals surface area contributed by atoms with Crippen LogP contribution in [0.3, 0.4) is 0 Å². The second kappa shape index (κ2) is 6.53. The maximum absolute atomic E-state index is 10.8. The average molecular weight is 263 g/mol. The van der Waals surface area contributed by atoms with Crippen LogP contribution in [0.5, 0.6) is 0 Å². The minimum Gasteiger partial charge on any atom is -0.461 e. The number of hydrazone groups is 1. The Morgan fingerprint density at radius 3 is 2.68 bits per heavy atom. The summed E-state index contributed by atoms with van der Waals surface area (Å²) in [5.41, 5.74) is 10.7. The monoisotopic (exact) mass is 263 g/mol. The van der Waals surface area contributed by atoms with Crippen molar-refractivity contribution < 1.29 is 14.3 Å². The highest BCUT2D eigenvalue weighted by Crippen LogP contribution is 2.16. The molecule has 0 aliphatic heterocycles. The van der Waals surface area contributed by atoms with Gasteiger partial charge in [0.2, 0.25) is 0 Å². The molecule has 0 fully saturated rings. The van der Waals surface area contributed by atoms with Gasteiger partial charge in [-0.2, -0.15) is 5.10 Å². The number of hydrogen-bond acceptors (Lipinski definition) is 4. The van der Waals surface area contributed by atoms with Gasteiger partial charge in [0.25, 0.3) is 0 Å². The predicted molar refractivity (Wildman–Crippen MR) is 71.7 cm³/mol. The van der Waals surface area contributed by atoms with Gasteiger partial charge in [-0.05, 0) is 30.5 Å². The Morgan fingerprint density at radius 2 is 2.11 bits per heavy atom. The lowest BCUT2D eigenvalue weighted by Gasteiger charge is -2.10. The maximum atomic E-state index is 10.8. The first-order valence-corrected chi connectivity index (χ1v) is 5.72. The van der Waals surface area contributed by atoms with E-state index in [1.165, 1.54) is 13.1 Å². The summed E-state index contributed by atoms with van der Waals surface area (Å²) in [6.07, 6.45) is 1.50. The van der Waals surface area contributed by atoms with Crippen molar-refractivity contribution in [2.24, 2.45) is 10.8 Å². The number of amides is 2. The van der Waals surface area contributed by atoms with Gasteiger partial charge in [0.05, 0.1) is 6.21 Å². The van der Waals surface area contributed by atoms with Crippen LogP contribution >= 0.6 is 0 Å². The molecule has 0 saturated heterocycles. The largest absolute Gasteiger partial charge is 0.461 e. The molecule has 1 aromatic rings. The third kappa shape index (κ3) is 4.79. The fourth-order valence-electron chi connectivity index (χ4n) is 1.59. The predicted octanol–water partition coefficient (Wildman–Crippen LogP) is 1.37. The topological polar surface area (TPSA) is 93.8 Å². The van der Waals surface area contributed by atoms with Crippen LogP contribution in [0.2, 0.25) is 0 Å². The molecular formula is C13H17N3O3. The minimum absolute atomic E-state index is 0.215. The van der Waals surface area contributed by atoms with Crippen LogP contribution in [0.4, 0.5) is 4.79 Å². The van der Waals surface area contributed by atoms with Crippen molar-refractivity contribution in [2.45, 2.75) is 27.4 Å². The SMILES string of the molecule is CC(=O)OCc1cc(C)cc(/C=N\NC(N)=O)c1C. The fourth-order valence-corrected chi connectivity index (χ4v) is 1.59. The van der Waals surface area contributed by atoms with Crippen LogP contribution in [0.25, 0.3) is 0 Å². The van der Waals surface area contributed by atoms with Crippen LogP contribution in [0, 0.1) is 13.8 Å². The summed E-state index contributed by atoms with van der Waals surface area (Å²) in [7, 11) is 0. The third-order valence-corrected chi connectivity index (χ3v) is 2.51. The number of benzene rings is 1. The first kappa shape index (κ1) is 14.7. The molecule has 19 heavy (non-hydrogen) atoms. The van der Waals surface area contributed by atoms with Gasteiger partial charge in [-0.3, -0.25) is 4.79 Å². The molecule has 1 aromatic carbocycles. The Balaban J connectivity index is 2.95. The Kier molecular flexibility index (Phi) is 5.05. The summed E-state index contributed by atoms with van der Waals surface area (Å²) >= 11 is 0. The van der Waals surface area contributed by atoms with E-state index in [4.69, 9.17) is 10.5 Å². The number of carbonyl (C=O) groups excluding carboxylic acids is 2. The van der Waals surface area contributed by atoms with E-state index in [0.29, 0.717) is 0 Å². The van der Waals surface area contributed by atoms with E-state index in [2.05, 4.69) is 10.5 Å². The van der Waals surface area contributed by atoms with Crippen LogP contribution < -0.4 is 11.2 Å². The molecule has 0 saturated carbocycles. The highest BCUT2D eigenvalue weighted by atomic mass is 16.5. The molecule has 6 nitrogen and oxygen atoms in total. The minimum atomic E-state index is -0.721. The van der Waals surface area contributed by atoms with E-state index in [-0.39, 0.29) is 12.6 Å². The van der Waals surface area contributed by atoms with Crippen molar-refractivity contribution in [1.29, 1.82) is 0 Å². The lowest BCUT2D eigenvalue weighted by atomic mass is 10.0. The number of hydrogen-bond donors (Lipinski definition) is 2. The van der Waals surface area contributed by atoms with Gasteiger partial charge in [0.1, 0.15) is 6.61 Å². The van der Waals surface area contributed by atoms with Gasteiger partial charge >= 0.3 is 12.0 Å². The Labute approximate surface area is 111 Å². The van der Waals surface area contributed by atoms with Gasteiger partial charge in [0.15, 0.2) is 0 Å². The molecule has 0 aromatic heterocycles. The highest BCUT2D eigenvalue weighted by Gasteiger charge is 2.06. The molecule has 0 unspecified atom stereocenters. The second-order valence-electron chi connectivity index (χ2n) is 4.15. The van der Waals surface area contributed by atoms with E-state index in [1.54, 1.807) is 0 Å². The molecule has 0 aliphatic carbocycles. The van der Waals surface area contributed by atoms with E-state index >= 15 is 0 Å². The van der Waals surface area contributed by atoms with Crippen molar-refractivity contribution in [3.8, 4) is 0 Å². The van der Waals surface area contributed by atoms with Crippen molar-refractivity contribution in [3.05, 3.63) is 34.4 Å². The summed E-state index contributed by atoms with van der Waals surface area (Å²) in [5, 5.41) is 3.72. The van der Waals surface area contributed by atoms with Crippen LogP contribution in [-0.4, -0.2) is 18.2 Å². The quantitative estimate of drug-likeness (QED) is 0.488. The van der Waals surface area contributed by atoms with E-state index in [9.17, 15) is 9.59 Å². The zero-order valence-corrected chi connectivity index (χ0v) is 11.2. The van der Waals surface area contributed by atoms with E-state index in [0.717, 1.165) is 22.3 Å². The van der Waals surface area contributed by atoms with E-state index in [1.807, 2.05) is 26.0 Å². The number of nitrogens with zero attached hydrogens (tertiary/aromatic N) is 1. The number of nitrogens with one attached hydrogen (secondary N) is 1. The van der Waals surface area contributed by atoms with Crippen molar-refractivity contribution in [1.82, 2.24) is 5.43 Å².